The number of rotatable bonds is 1. The normalized spacial score (nSPS) is 11.8. The van der Waals surface area contributed by atoms with Gasteiger partial charge >= 0.3 is 0 Å². The maximum absolute atomic E-state index is 3.35. The van der Waals surface area contributed by atoms with Crippen LogP contribution in [0.15, 0.2) is 48.5 Å². The standard InChI is InChI=1S/C18H13/c1-2-12-6-7-15-9-8-13-4-3-5-14-10-11-16(12)18(15)17(13)14/h3-4,6-11H,2H2,1H3. The highest BCUT2D eigenvalue weighted by molar-refractivity contribution is 6.23. The van der Waals surface area contributed by atoms with E-state index in [0.717, 1.165) is 6.42 Å². The summed E-state index contributed by atoms with van der Waals surface area (Å²) in [5.74, 6) is 0. The van der Waals surface area contributed by atoms with E-state index in [1.165, 1.54) is 37.9 Å². The minimum Gasteiger partial charge on any atom is -0.0613 e. The second-order valence-corrected chi connectivity index (χ2v) is 4.84. The van der Waals surface area contributed by atoms with E-state index in [0.29, 0.717) is 0 Å². The molecule has 0 spiro atoms. The average molecular weight is 229 g/mol. The van der Waals surface area contributed by atoms with Crippen molar-refractivity contribution in [2.24, 2.45) is 0 Å². The third-order valence-corrected chi connectivity index (χ3v) is 3.92. The van der Waals surface area contributed by atoms with Crippen LogP contribution in [-0.4, -0.2) is 0 Å². The van der Waals surface area contributed by atoms with Crippen molar-refractivity contribution < 1.29 is 0 Å². The Kier molecular flexibility index (Phi) is 1.90. The van der Waals surface area contributed by atoms with Crippen LogP contribution >= 0.6 is 0 Å². The van der Waals surface area contributed by atoms with Gasteiger partial charge in [-0.15, -0.1) is 0 Å². The van der Waals surface area contributed by atoms with E-state index in [9.17, 15) is 0 Å². The summed E-state index contributed by atoms with van der Waals surface area (Å²) in [4.78, 5) is 0. The van der Waals surface area contributed by atoms with Gasteiger partial charge in [0.15, 0.2) is 0 Å². The first-order valence-corrected chi connectivity index (χ1v) is 6.45. The highest BCUT2D eigenvalue weighted by atomic mass is 14.1. The van der Waals surface area contributed by atoms with E-state index in [2.05, 4.69) is 55.5 Å². The van der Waals surface area contributed by atoms with Gasteiger partial charge in [-0.1, -0.05) is 55.5 Å². The first-order chi connectivity index (χ1) is 8.88. The van der Waals surface area contributed by atoms with Gasteiger partial charge in [0.2, 0.25) is 0 Å². The van der Waals surface area contributed by atoms with Crippen molar-refractivity contribution >= 4 is 32.3 Å². The zero-order chi connectivity index (χ0) is 12.1. The Balaban J connectivity index is 2.40. The van der Waals surface area contributed by atoms with E-state index in [1.807, 2.05) is 6.07 Å². The SMILES string of the molecule is CCc1ccc2ccc3cc[c]c4ccc1c2c43. The van der Waals surface area contributed by atoms with Crippen molar-refractivity contribution in [1.82, 2.24) is 0 Å². The maximum atomic E-state index is 3.35. The number of hydrogen-bond donors (Lipinski definition) is 0. The number of hydrogen-bond acceptors (Lipinski definition) is 0. The van der Waals surface area contributed by atoms with Crippen LogP contribution in [-0.2, 0) is 6.42 Å². The molecule has 85 valence electrons. The molecular weight excluding hydrogens is 216 g/mol. The average Bonchev–Trinajstić information content (AvgIpc) is 2.44. The Labute approximate surface area is 106 Å². The lowest BCUT2D eigenvalue weighted by Gasteiger charge is -2.12. The lowest BCUT2D eigenvalue weighted by Crippen LogP contribution is -1.88. The first kappa shape index (κ1) is 9.90. The fraction of sp³-hybridized carbons (Fsp3) is 0.111. The van der Waals surface area contributed by atoms with Gasteiger partial charge in [0.05, 0.1) is 0 Å². The zero-order valence-electron chi connectivity index (χ0n) is 10.3. The summed E-state index contributed by atoms with van der Waals surface area (Å²) >= 11 is 0. The summed E-state index contributed by atoms with van der Waals surface area (Å²) in [5.41, 5.74) is 1.43. The summed E-state index contributed by atoms with van der Waals surface area (Å²) < 4.78 is 0. The molecule has 0 amide bonds. The second-order valence-electron chi connectivity index (χ2n) is 4.84. The van der Waals surface area contributed by atoms with Crippen LogP contribution in [0.4, 0.5) is 0 Å². The molecular formula is C18H13. The molecule has 4 aromatic rings. The predicted octanol–water partition coefficient (Wildman–Crippen LogP) is 4.95. The molecule has 0 aliphatic carbocycles. The summed E-state index contributed by atoms with van der Waals surface area (Å²) in [6.45, 7) is 2.22. The lowest BCUT2D eigenvalue weighted by molar-refractivity contribution is 1.16. The minimum absolute atomic E-state index is 1.08. The van der Waals surface area contributed by atoms with Crippen LogP contribution < -0.4 is 0 Å². The van der Waals surface area contributed by atoms with Crippen LogP contribution in [0.25, 0.3) is 32.3 Å². The van der Waals surface area contributed by atoms with Gasteiger partial charge < -0.3 is 0 Å². The molecule has 0 aliphatic rings. The van der Waals surface area contributed by atoms with Crippen LogP contribution in [0.5, 0.6) is 0 Å². The van der Waals surface area contributed by atoms with E-state index in [1.54, 1.807) is 0 Å². The number of aryl methyl sites for hydroxylation is 1. The highest BCUT2D eigenvalue weighted by Crippen LogP contribution is 2.35. The van der Waals surface area contributed by atoms with Crippen molar-refractivity contribution in [3.05, 3.63) is 60.2 Å². The third-order valence-electron chi connectivity index (χ3n) is 3.92. The molecule has 4 aromatic carbocycles. The second kappa shape index (κ2) is 3.46. The van der Waals surface area contributed by atoms with Gasteiger partial charge in [0.25, 0.3) is 0 Å². The molecule has 0 unspecified atom stereocenters. The summed E-state index contributed by atoms with van der Waals surface area (Å²) in [6, 6.07) is 20.9. The van der Waals surface area contributed by atoms with Crippen LogP contribution in [0.2, 0.25) is 0 Å². The molecule has 18 heavy (non-hydrogen) atoms. The van der Waals surface area contributed by atoms with Gasteiger partial charge in [-0.25, -0.2) is 0 Å². The monoisotopic (exact) mass is 229 g/mol. The maximum Gasteiger partial charge on any atom is -0.00205 e. The molecule has 0 fully saturated rings. The zero-order valence-corrected chi connectivity index (χ0v) is 10.3. The molecule has 4 rings (SSSR count). The molecule has 0 saturated heterocycles. The van der Waals surface area contributed by atoms with E-state index < -0.39 is 0 Å². The van der Waals surface area contributed by atoms with Crippen molar-refractivity contribution in [3.8, 4) is 0 Å². The van der Waals surface area contributed by atoms with Crippen molar-refractivity contribution in [2.45, 2.75) is 13.3 Å². The molecule has 0 atom stereocenters. The Bertz CT molecular complexity index is 840. The Morgan fingerprint density at radius 3 is 2.44 bits per heavy atom. The Morgan fingerprint density at radius 2 is 1.61 bits per heavy atom. The van der Waals surface area contributed by atoms with Crippen molar-refractivity contribution in [2.75, 3.05) is 0 Å². The lowest BCUT2D eigenvalue weighted by atomic mass is 9.91. The molecule has 0 nitrogen and oxygen atoms in total. The van der Waals surface area contributed by atoms with Gasteiger partial charge in [0, 0.05) is 0 Å². The summed E-state index contributed by atoms with van der Waals surface area (Å²) in [5, 5.41) is 8.03. The summed E-state index contributed by atoms with van der Waals surface area (Å²) in [6.07, 6.45) is 1.08. The van der Waals surface area contributed by atoms with Gasteiger partial charge in [-0.3, -0.25) is 0 Å². The van der Waals surface area contributed by atoms with Crippen molar-refractivity contribution in [3.63, 3.8) is 0 Å². The Hall–Kier alpha value is -2.08. The molecule has 0 heterocycles. The molecule has 0 bridgehead atoms. The molecule has 0 aliphatic heterocycles. The predicted molar refractivity (Wildman–Crippen MR) is 78.4 cm³/mol. The fourth-order valence-electron chi connectivity index (χ4n) is 3.02. The highest BCUT2D eigenvalue weighted by Gasteiger charge is 2.09. The summed E-state index contributed by atoms with van der Waals surface area (Å²) in [7, 11) is 0. The minimum atomic E-state index is 1.08. The Morgan fingerprint density at radius 1 is 0.833 bits per heavy atom. The molecule has 0 saturated carbocycles. The topological polar surface area (TPSA) is 0 Å². The third kappa shape index (κ3) is 1.15. The molecule has 0 aromatic heterocycles. The van der Waals surface area contributed by atoms with Crippen LogP contribution in [0, 0.1) is 6.07 Å². The number of benzene rings is 4. The van der Waals surface area contributed by atoms with E-state index in [-0.39, 0.29) is 0 Å². The van der Waals surface area contributed by atoms with Gasteiger partial charge in [-0.05, 0) is 50.4 Å². The van der Waals surface area contributed by atoms with Crippen LogP contribution in [0.3, 0.4) is 0 Å². The van der Waals surface area contributed by atoms with E-state index >= 15 is 0 Å². The van der Waals surface area contributed by atoms with Crippen molar-refractivity contribution in [1.29, 1.82) is 0 Å². The fourth-order valence-corrected chi connectivity index (χ4v) is 3.02. The quantitative estimate of drug-likeness (QED) is 0.405. The van der Waals surface area contributed by atoms with Gasteiger partial charge in [-0.2, -0.15) is 0 Å². The van der Waals surface area contributed by atoms with Gasteiger partial charge in [0.1, 0.15) is 0 Å². The molecule has 1 radical (unpaired) electrons. The van der Waals surface area contributed by atoms with E-state index in [4.69, 9.17) is 0 Å². The van der Waals surface area contributed by atoms with Crippen LogP contribution in [0.1, 0.15) is 12.5 Å². The molecule has 0 N–H and O–H groups in total. The first-order valence-electron chi connectivity index (χ1n) is 6.45. The largest absolute Gasteiger partial charge is 0.0613 e. The molecule has 0 heteroatoms. The smallest absolute Gasteiger partial charge is 0.00205 e.